The number of allylic oxidation sites excluding steroid dienone is 6. The van der Waals surface area contributed by atoms with E-state index in [1.807, 2.05) is 6.07 Å². The van der Waals surface area contributed by atoms with Gasteiger partial charge in [0.2, 0.25) is 0 Å². The van der Waals surface area contributed by atoms with Gasteiger partial charge in [-0.25, -0.2) is 0 Å². The summed E-state index contributed by atoms with van der Waals surface area (Å²) in [6.45, 7) is 10.9. The van der Waals surface area contributed by atoms with Crippen molar-refractivity contribution in [2.45, 2.75) is 20.8 Å². The summed E-state index contributed by atoms with van der Waals surface area (Å²) in [5.74, 6) is 0. The lowest BCUT2D eigenvalue weighted by Gasteiger charge is -2.14. The molecule has 0 aliphatic heterocycles. The lowest BCUT2D eigenvalue weighted by molar-refractivity contribution is 1.18. The average Bonchev–Trinajstić information content (AvgIpc) is 3.53. The summed E-state index contributed by atoms with van der Waals surface area (Å²) in [7, 11) is 0. The third-order valence-corrected chi connectivity index (χ3v) is 10.1. The Morgan fingerprint density at radius 2 is 1.21 bits per heavy atom. The zero-order valence-corrected chi connectivity index (χ0v) is 30.0. The number of nitrogens with zero attached hydrogens (tertiary/aromatic N) is 1. The van der Waals surface area contributed by atoms with Crippen molar-refractivity contribution in [2.24, 2.45) is 0 Å². The Bertz CT molecular complexity index is 2680. The highest BCUT2D eigenvalue weighted by molar-refractivity contribution is 6.22. The summed E-state index contributed by atoms with van der Waals surface area (Å²) < 4.78 is 2.44. The van der Waals surface area contributed by atoms with Crippen molar-refractivity contribution in [3.05, 3.63) is 210 Å². The molecule has 7 aromatic carbocycles. The lowest BCUT2D eigenvalue weighted by Crippen LogP contribution is -1.96. The van der Waals surface area contributed by atoms with Crippen LogP contribution in [0.1, 0.15) is 41.7 Å². The Balaban J connectivity index is 1.30. The third-order valence-electron chi connectivity index (χ3n) is 10.1. The molecule has 52 heavy (non-hydrogen) atoms. The van der Waals surface area contributed by atoms with Crippen LogP contribution in [-0.4, -0.2) is 4.57 Å². The Labute approximate surface area is 306 Å². The molecule has 8 aromatic rings. The molecule has 0 radical (unpaired) electrons. The predicted molar refractivity (Wildman–Crippen MR) is 227 cm³/mol. The zero-order valence-electron chi connectivity index (χ0n) is 30.0. The van der Waals surface area contributed by atoms with E-state index in [1.54, 1.807) is 0 Å². The Morgan fingerprint density at radius 1 is 0.577 bits per heavy atom. The smallest absolute Gasteiger partial charge is 0.0619 e. The van der Waals surface area contributed by atoms with Gasteiger partial charge in [0.05, 0.1) is 11.0 Å². The monoisotopic (exact) mass is 667 g/mol. The maximum Gasteiger partial charge on any atom is 0.0619 e. The third kappa shape index (κ3) is 6.12. The summed E-state index contributed by atoms with van der Waals surface area (Å²) in [5, 5.41) is 4.99. The Kier molecular flexibility index (Phi) is 8.85. The molecule has 0 N–H and O–H groups in total. The molecule has 1 nitrogen and oxygen atoms in total. The summed E-state index contributed by atoms with van der Waals surface area (Å²) >= 11 is 0. The van der Waals surface area contributed by atoms with Crippen LogP contribution in [0.4, 0.5) is 0 Å². The van der Waals surface area contributed by atoms with Crippen LogP contribution in [0, 0.1) is 6.92 Å². The van der Waals surface area contributed by atoms with Gasteiger partial charge >= 0.3 is 0 Å². The molecule has 8 rings (SSSR count). The zero-order chi connectivity index (χ0) is 35.6. The summed E-state index contributed by atoms with van der Waals surface area (Å²) in [6, 6.07) is 56.9. The van der Waals surface area contributed by atoms with E-state index in [0.717, 1.165) is 28.0 Å². The molecule has 0 spiro atoms. The van der Waals surface area contributed by atoms with Crippen molar-refractivity contribution in [3.8, 4) is 16.8 Å². The molecule has 0 aliphatic rings. The standard InChI is InChI=1S/C51H41N/c1-5-16-41-33-42(26-25-35(41)2)48-34-49-46-22-14-15-24-50(46)52(51(49)47-23-13-12-21-45(47)48)44-29-27-40(28-30-44)43(31-36(3)38-17-8-6-9-18-38)32-37(4)39-19-10-7-11-20-39/h5-34H,3H2,1-2,4H3/b16-5-,37-32+,43-31+. The van der Waals surface area contributed by atoms with Crippen LogP contribution in [0.25, 0.3) is 72.2 Å². The van der Waals surface area contributed by atoms with Gasteiger partial charge in [0.15, 0.2) is 0 Å². The fraction of sp³-hybridized carbons (Fsp3) is 0.0588. The van der Waals surface area contributed by atoms with Gasteiger partial charge in [0.25, 0.3) is 0 Å². The molecule has 0 saturated heterocycles. The molecule has 0 fully saturated rings. The van der Waals surface area contributed by atoms with Crippen molar-refractivity contribution in [1.82, 2.24) is 4.57 Å². The highest BCUT2D eigenvalue weighted by Crippen LogP contribution is 2.42. The minimum Gasteiger partial charge on any atom is -0.309 e. The number of para-hydroxylation sites is 1. The average molecular weight is 668 g/mol. The van der Waals surface area contributed by atoms with Crippen molar-refractivity contribution < 1.29 is 0 Å². The normalized spacial score (nSPS) is 12.4. The SMILES string of the molecule is C=C(/C=C(\C=C(/C)c1ccccc1)c1ccc(-n2c3ccccc3c3cc(-c4ccc(C)c(/C=C\C)c4)c4ccccc4c32)cc1)c1ccccc1. The molecule has 1 heteroatoms. The first-order chi connectivity index (χ1) is 25.5. The fourth-order valence-corrected chi connectivity index (χ4v) is 7.45. The molecular formula is C51H41N. The highest BCUT2D eigenvalue weighted by atomic mass is 15.0. The first-order valence-corrected chi connectivity index (χ1v) is 18.0. The van der Waals surface area contributed by atoms with Crippen LogP contribution >= 0.6 is 0 Å². The van der Waals surface area contributed by atoms with Gasteiger partial charge in [-0.15, -0.1) is 0 Å². The number of aromatic nitrogens is 1. The van der Waals surface area contributed by atoms with Gasteiger partial charge in [-0.2, -0.15) is 0 Å². The first kappa shape index (κ1) is 32.7. The molecule has 0 atom stereocenters. The van der Waals surface area contributed by atoms with E-state index in [9.17, 15) is 0 Å². The van der Waals surface area contributed by atoms with E-state index in [4.69, 9.17) is 0 Å². The molecule has 1 heterocycles. The van der Waals surface area contributed by atoms with E-state index in [-0.39, 0.29) is 0 Å². The number of fused-ring (bicyclic) bond motifs is 5. The molecule has 250 valence electrons. The molecule has 0 bridgehead atoms. The van der Waals surface area contributed by atoms with Gasteiger partial charge in [-0.1, -0.05) is 152 Å². The second-order valence-electron chi connectivity index (χ2n) is 13.5. The van der Waals surface area contributed by atoms with E-state index in [1.165, 1.54) is 66.0 Å². The molecule has 0 unspecified atom stereocenters. The summed E-state index contributed by atoms with van der Waals surface area (Å²) in [6.07, 6.45) is 8.80. The van der Waals surface area contributed by atoms with E-state index >= 15 is 0 Å². The minimum atomic E-state index is 0.980. The van der Waals surface area contributed by atoms with Crippen molar-refractivity contribution in [2.75, 3.05) is 0 Å². The van der Waals surface area contributed by atoms with Crippen molar-refractivity contribution >= 4 is 55.4 Å². The molecule has 1 aromatic heterocycles. The van der Waals surface area contributed by atoms with Crippen LogP contribution < -0.4 is 0 Å². The summed E-state index contributed by atoms with van der Waals surface area (Å²) in [4.78, 5) is 0. The Hall–Kier alpha value is -6.44. The number of hydrogen-bond donors (Lipinski definition) is 0. The maximum atomic E-state index is 4.46. The topological polar surface area (TPSA) is 4.93 Å². The van der Waals surface area contributed by atoms with Crippen LogP contribution in [0.3, 0.4) is 0 Å². The van der Waals surface area contributed by atoms with Crippen LogP contribution in [0.2, 0.25) is 0 Å². The van der Waals surface area contributed by atoms with Gasteiger partial charge in [0, 0.05) is 21.8 Å². The lowest BCUT2D eigenvalue weighted by atomic mass is 9.93. The van der Waals surface area contributed by atoms with E-state index in [0.29, 0.717) is 0 Å². The molecule has 0 aliphatic carbocycles. The van der Waals surface area contributed by atoms with Crippen molar-refractivity contribution in [3.63, 3.8) is 0 Å². The quantitative estimate of drug-likeness (QED) is 0.142. The van der Waals surface area contributed by atoms with Gasteiger partial charge in [-0.3, -0.25) is 0 Å². The molecule has 0 saturated carbocycles. The highest BCUT2D eigenvalue weighted by Gasteiger charge is 2.18. The predicted octanol–water partition coefficient (Wildman–Crippen LogP) is 14.1. The van der Waals surface area contributed by atoms with Crippen molar-refractivity contribution in [1.29, 1.82) is 0 Å². The number of aryl methyl sites for hydroxylation is 1. The van der Waals surface area contributed by atoms with E-state index < -0.39 is 0 Å². The summed E-state index contributed by atoms with van der Waals surface area (Å²) in [5.41, 5.74) is 15.3. The number of rotatable bonds is 8. The molecular weight excluding hydrogens is 627 g/mol. The number of hydrogen-bond acceptors (Lipinski definition) is 0. The van der Waals surface area contributed by atoms with Crippen LogP contribution in [0.5, 0.6) is 0 Å². The second-order valence-corrected chi connectivity index (χ2v) is 13.5. The Morgan fingerprint density at radius 3 is 1.92 bits per heavy atom. The first-order valence-electron chi connectivity index (χ1n) is 18.0. The van der Waals surface area contributed by atoms with Gasteiger partial charge in [0.1, 0.15) is 0 Å². The van der Waals surface area contributed by atoms with E-state index in [2.05, 4.69) is 208 Å². The van der Waals surface area contributed by atoms with Gasteiger partial charge in [-0.05, 0) is 118 Å². The molecule has 0 amide bonds. The maximum absolute atomic E-state index is 4.46. The largest absolute Gasteiger partial charge is 0.309 e. The fourth-order valence-electron chi connectivity index (χ4n) is 7.45. The van der Waals surface area contributed by atoms with Crippen LogP contribution in [0.15, 0.2) is 183 Å². The van der Waals surface area contributed by atoms with Gasteiger partial charge < -0.3 is 4.57 Å². The van der Waals surface area contributed by atoms with Crippen LogP contribution in [-0.2, 0) is 0 Å². The minimum absolute atomic E-state index is 0.980. The second kappa shape index (κ2) is 14.1. The number of benzene rings is 7.